The van der Waals surface area contributed by atoms with Gasteiger partial charge in [-0.05, 0) is 42.5 Å². The van der Waals surface area contributed by atoms with Gasteiger partial charge in [0.25, 0.3) is 0 Å². The second-order valence-corrected chi connectivity index (χ2v) is 4.67. The first-order valence-electron chi connectivity index (χ1n) is 5.94. The molecule has 0 aromatic heterocycles. The lowest BCUT2D eigenvalue weighted by atomic mass is 9.78. The van der Waals surface area contributed by atoms with E-state index in [-0.39, 0.29) is 11.4 Å². The van der Waals surface area contributed by atoms with E-state index in [9.17, 15) is 4.39 Å². The molecule has 3 rings (SSSR count). The molecule has 2 aliphatic rings. The van der Waals surface area contributed by atoms with Crippen molar-refractivity contribution in [1.82, 2.24) is 5.32 Å². The highest BCUT2D eigenvalue weighted by molar-refractivity contribution is 5.36. The highest BCUT2D eigenvalue weighted by Gasteiger charge is 2.38. The molecule has 1 atom stereocenters. The summed E-state index contributed by atoms with van der Waals surface area (Å²) < 4.78 is 19.2. The van der Waals surface area contributed by atoms with E-state index in [2.05, 4.69) is 5.32 Å². The molecule has 2 nitrogen and oxygen atoms in total. The van der Waals surface area contributed by atoms with Crippen LogP contribution in [0.25, 0.3) is 0 Å². The Morgan fingerprint density at radius 3 is 3.12 bits per heavy atom. The molecule has 16 heavy (non-hydrogen) atoms. The Labute approximate surface area is 94.8 Å². The highest BCUT2D eigenvalue weighted by Crippen LogP contribution is 2.39. The van der Waals surface area contributed by atoms with Gasteiger partial charge in [-0.2, -0.15) is 0 Å². The molecule has 1 aromatic rings. The lowest BCUT2D eigenvalue weighted by Crippen LogP contribution is -2.49. The van der Waals surface area contributed by atoms with Crippen LogP contribution < -0.4 is 5.32 Å². The molecule has 86 valence electrons. The van der Waals surface area contributed by atoms with Gasteiger partial charge in [0, 0.05) is 13.1 Å². The maximum Gasteiger partial charge on any atom is 0.123 e. The average molecular weight is 221 g/mol. The zero-order valence-corrected chi connectivity index (χ0v) is 9.26. The summed E-state index contributed by atoms with van der Waals surface area (Å²) in [5, 5.41) is 3.38. The number of nitrogens with one attached hydrogen (secondary N) is 1. The zero-order chi connectivity index (χ0) is 11.0. The smallest absolute Gasteiger partial charge is 0.123 e. The monoisotopic (exact) mass is 221 g/mol. The van der Waals surface area contributed by atoms with Crippen LogP contribution in [0.1, 0.15) is 24.0 Å². The average Bonchev–Trinajstić information content (AvgIpc) is 2.30. The topological polar surface area (TPSA) is 21.3 Å². The maximum atomic E-state index is 13.2. The number of hydrogen-bond donors (Lipinski definition) is 1. The molecule has 1 aliphatic carbocycles. The minimum absolute atomic E-state index is 0.139. The quantitative estimate of drug-likeness (QED) is 0.723. The molecule has 1 unspecified atom stereocenters. The third-order valence-electron chi connectivity index (χ3n) is 3.65. The van der Waals surface area contributed by atoms with Crippen molar-refractivity contribution in [3.63, 3.8) is 0 Å². The Kier molecular flexibility index (Phi) is 2.45. The molecular formula is C13H16FNO. The molecule has 0 saturated carbocycles. The van der Waals surface area contributed by atoms with E-state index >= 15 is 0 Å². The van der Waals surface area contributed by atoms with Gasteiger partial charge in [-0.25, -0.2) is 4.39 Å². The molecule has 0 radical (unpaired) electrons. The number of rotatable bonds is 0. The molecule has 1 aliphatic heterocycles. The fourth-order valence-electron chi connectivity index (χ4n) is 2.91. The van der Waals surface area contributed by atoms with Crippen LogP contribution in [-0.4, -0.2) is 19.7 Å². The van der Waals surface area contributed by atoms with Crippen molar-refractivity contribution in [2.75, 3.05) is 19.7 Å². The Morgan fingerprint density at radius 2 is 2.31 bits per heavy atom. The Balaban J connectivity index is 2.04. The molecule has 1 fully saturated rings. The molecule has 1 saturated heterocycles. The molecule has 0 bridgehead atoms. The van der Waals surface area contributed by atoms with Crippen molar-refractivity contribution in [2.45, 2.75) is 24.9 Å². The van der Waals surface area contributed by atoms with E-state index in [1.54, 1.807) is 12.1 Å². The highest BCUT2D eigenvalue weighted by atomic mass is 19.1. The molecule has 3 heteroatoms. The summed E-state index contributed by atoms with van der Waals surface area (Å²) in [7, 11) is 0. The fourth-order valence-corrected chi connectivity index (χ4v) is 2.91. The van der Waals surface area contributed by atoms with Crippen LogP contribution in [0.2, 0.25) is 0 Å². The van der Waals surface area contributed by atoms with E-state index < -0.39 is 0 Å². The standard InChI is InChI=1S/C13H16FNO/c14-11-3-4-12-10(8-11)2-1-5-13(12)9-15-6-7-16-13/h3-4,8,15H,1-2,5-7,9H2. The number of morpholine rings is 1. The van der Waals surface area contributed by atoms with E-state index in [1.807, 2.05) is 6.07 Å². The summed E-state index contributed by atoms with van der Waals surface area (Å²) >= 11 is 0. The van der Waals surface area contributed by atoms with Gasteiger partial charge in [-0.3, -0.25) is 0 Å². The van der Waals surface area contributed by atoms with Crippen LogP contribution in [0.4, 0.5) is 4.39 Å². The largest absolute Gasteiger partial charge is 0.368 e. The summed E-state index contributed by atoms with van der Waals surface area (Å²) in [6.07, 6.45) is 3.09. The van der Waals surface area contributed by atoms with Crippen LogP contribution in [0.5, 0.6) is 0 Å². The van der Waals surface area contributed by atoms with E-state index in [0.717, 1.165) is 44.5 Å². The second kappa shape index (κ2) is 3.82. The van der Waals surface area contributed by atoms with Crippen molar-refractivity contribution in [2.24, 2.45) is 0 Å². The normalized spacial score (nSPS) is 29.1. The molecule has 1 N–H and O–H groups in total. The fraction of sp³-hybridized carbons (Fsp3) is 0.538. The number of aryl methyl sites for hydroxylation is 1. The van der Waals surface area contributed by atoms with Crippen LogP contribution in [-0.2, 0) is 16.8 Å². The Bertz CT molecular complexity index is 399. The molecular weight excluding hydrogens is 205 g/mol. The summed E-state index contributed by atoms with van der Waals surface area (Å²) in [5.74, 6) is -0.139. The van der Waals surface area contributed by atoms with Gasteiger partial charge < -0.3 is 10.1 Å². The minimum Gasteiger partial charge on any atom is -0.368 e. The van der Waals surface area contributed by atoms with E-state index in [0.29, 0.717) is 0 Å². The van der Waals surface area contributed by atoms with Gasteiger partial charge in [0.05, 0.1) is 6.61 Å². The van der Waals surface area contributed by atoms with Gasteiger partial charge >= 0.3 is 0 Å². The third-order valence-corrected chi connectivity index (χ3v) is 3.65. The van der Waals surface area contributed by atoms with Crippen molar-refractivity contribution >= 4 is 0 Å². The second-order valence-electron chi connectivity index (χ2n) is 4.67. The molecule has 0 amide bonds. The molecule has 1 spiro atoms. The first-order chi connectivity index (χ1) is 7.80. The first-order valence-corrected chi connectivity index (χ1v) is 5.94. The molecule has 1 aromatic carbocycles. The number of halogens is 1. The van der Waals surface area contributed by atoms with Crippen LogP contribution in [0.15, 0.2) is 18.2 Å². The summed E-state index contributed by atoms with van der Waals surface area (Å²) in [6, 6.07) is 5.11. The minimum atomic E-state index is -0.195. The predicted molar refractivity (Wildman–Crippen MR) is 59.8 cm³/mol. The van der Waals surface area contributed by atoms with Crippen molar-refractivity contribution < 1.29 is 9.13 Å². The van der Waals surface area contributed by atoms with Gasteiger partial charge in [0.2, 0.25) is 0 Å². The number of fused-ring (bicyclic) bond motifs is 2. The van der Waals surface area contributed by atoms with Crippen LogP contribution in [0.3, 0.4) is 0 Å². The zero-order valence-electron chi connectivity index (χ0n) is 9.26. The van der Waals surface area contributed by atoms with E-state index in [1.165, 1.54) is 5.56 Å². The SMILES string of the molecule is Fc1ccc2c(c1)CCCC21CNCCO1. The van der Waals surface area contributed by atoms with Crippen LogP contribution in [0, 0.1) is 5.82 Å². The lowest BCUT2D eigenvalue weighted by molar-refractivity contribution is -0.0819. The summed E-state index contributed by atoms with van der Waals surface area (Å²) in [4.78, 5) is 0. The van der Waals surface area contributed by atoms with Gasteiger partial charge in [-0.15, -0.1) is 0 Å². The first kappa shape index (κ1) is 10.2. The summed E-state index contributed by atoms with van der Waals surface area (Å²) in [6.45, 7) is 2.51. The molecule has 1 heterocycles. The van der Waals surface area contributed by atoms with Crippen molar-refractivity contribution in [3.8, 4) is 0 Å². The number of benzene rings is 1. The van der Waals surface area contributed by atoms with Crippen LogP contribution >= 0.6 is 0 Å². The van der Waals surface area contributed by atoms with Gasteiger partial charge in [-0.1, -0.05) is 6.07 Å². The van der Waals surface area contributed by atoms with E-state index in [4.69, 9.17) is 4.74 Å². The van der Waals surface area contributed by atoms with Gasteiger partial charge in [0.1, 0.15) is 11.4 Å². The van der Waals surface area contributed by atoms with Crippen molar-refractivity contribution in [1.29, 1.82) is 0 Å². The summed E-state index contributed by atoms with van der Waals surface area (Å²) in [5.41, 5.74) is 2.11. The lowest BCUT2D eigenvalue weighted by Gasteiger charge is -2.42. The Hall–Kier alpha value is -0.930. The third kappa shape index (κ3) is 1.55. The van der Waals surface area contributed by atoms with Gasteiger partial charge in [0.15, 0.2) is 0 Å². The maximum absolute atomic E-state index is 13.2. The van der Waals surface area contributed by atoms with Crippen molar-refractivity contribution in [3.05, 3.63) is 35.1 Å². The Morgan fingerprint density at radius 1 is 1.38 bits per heavy atom. The predicted octanol–water partition coefficient (Wildman–Crippen LogP) is 1.98. The number of ether oxygens (including phenoxy) is 1. The number of hydrogen-bond acceptors (Lipinski definition) is 2.